The summed E-state index contributed by atoms with van der Waals surface area (Å²) in [4.78, 5) is 38.2. The molecule has 396 valence electrons. The largest absolute Gasteiger partial charge is 0.462 e. The van der Waals surface area contributed by atoms with Crippen molar-refractivity contribution in [1.82, 2.24) is 0 Å². The summed E-state index contributed by atoms with van der Waals surface area (Å²) in [5.74, 6) is -0.886. The van der Waals surface area contributed by atoms with Crippen molar-refractivity contribution in [3.63, 3.8) is 0 Å². The molecule has 0 aliphatic carbocycles. The molecular weight excluding hydrogens is 841 g/mol. The van der Waals surface area contributed by atoms with E-state index in [1.807, 2.05) is 0 Å². The molecule has 0 aliphatic rings. The van der Waals surface area contributed by atoms with Crippen molar-refractivity contribution in [3.8, 4) is 0 Å². The maximum atomic E-state index is 12.9. The van der Waals surface area contributed by atoms with Gasteiger partial charge in [-0.2, -0.15) is 0 Å². The van der Waals surface area contributed by atoms with Crippen LogP contribution in [0, 0.1) is 0 Å². The fourth-order valence-corrected chi connectivity index (χ4v) is 8.58. The molecule has 0 saturated heterocycles. The number of hydrogen-bond donors (Lipinski definition) is 0. The van der Waals surface area contributed by atoms with Crippen LogP contribution in [0.2, 0.25) is 0 Å². The number of unbranched alkanes of at least 4 members (excludes halogenated alkanes) is 36. The Morgan fingerprint density at radius 3 is 0.926 bits per heavy atom. The SMILES string of the molecule is CCCCC/C=C\C/C=C\CCCCCCCCCC(=O)OC(COC(=O)CCCCCCC/C=C\C=C/CCCCCCCCC)COC(=O)CCCCCCCCCCCCCCCCC. The Morgan fingerprint density at radius 2 is 0.574 bits per heavy atom. The summed E-state index contributed by atoms with van der Waals surface area (Å²) in [6, 6.07) is 0. The van der Waals surface area contributed by atoms with Crippen LogP contribution in [0.1, 0.15) is 310 Å². The molecule has 0 radical (unpaired) electrons. The second kappa shape index (κ2) is 57.0. The molecule has 6 nitrogen and oxygen atoms in total. The van der Waals surface area contributed by atoms with E-state index in [1.165, 1.54) is 180 Å². The third kappa shape index (κ3) is 54.3. The van der Waals surface area contributed by atoms with Crippen LogP contribution in [0.3, 0.4) is 0 Å². The fraction of sp³-hybridized carbons (Fsp3) is 0.823. The van der Waals surface area contributed by atoms with Crippen molar-refractivity contribution in [1.29, 1.82) is 0 Å². The lowest BCUT2D eigenvalue weighted by Crippen LogP contribution is -2.30. The molecule has 1 atom stereocenters. The molecule has 0 spiro atoms. The molecule has 0 amide bonds. The Hall–Kier alpha value is -2.63. The van der Waals surface area contributed by atoms with Gasteiger partial charge in [-0.3, -0.25) is 14.4 Å². The zero-order valence-corrected chi connectivity index (χ0v) is 45.4. The van der Waals surface area contributed by atoms with Crippen molar-refractivity contribution in [2.45, 2.75) is 316 Å². The van der Waals surface area contributed by atoms with E-state index in [4.69, 9.17) is 14.2 Å². The van der Waals surface area contributed by atoms with Gasteiger partial charge in [-0.05, 0) is 77.0 Å². The maximum absolute atomic E-state index is 12.9. The highest BCUT2D eigenvalue weighted by Crippen LogP contribution is 2.16. The minimum absolute atomic E-state index is 0.0784. The first-order chi connectivity index (χ1) is 33.5. The summed E-state index contributed by atoms with van der Waals surface area (Å²) in [6.07, 6.45) is 69.5. The highest BCUT2D eigenvalue weighted by molar-refractivity contribution is 5.71. The van der Waals surface area contributed by atoms with E-state index in [2.05, 4.69) is 69.4 Å². The average molecular weight is 954 g/mol. The van der Waals surface area contributed by atoms with Crippen LogP contribution < -0.4 is 0 Å². The van der Waals surface area contributed by atoms with Crippen molar-refractivity contribution in [2.24, 2.45) is 0 Å². The van der Waals surface area contributed by atoms with Crippen LogP contribution in [0.5, 0.6) is 0 Å². The van der Waals surface area contributed by atoms with E-state index in [9.17, 15) is 14.4 Å². The molecular formula is C62H112O6. The topological polar surface area (TPSA) is 78.9 Å². The molecule has 0 fully saturated rings. The van der Waals surface area contributed by atoms with Gasteiger partial charge in [-0.1, -0.05) is 262 Å². The zero-order chi connectivity index (χ0) is 49.3. The van der Waals surface area contributed by atoms with Gasteiger partial charge in [0.25, 0.3) is 0 Å². The summed E-state index contributed by atoms with van der Waals surface area (Å²) in [7, 11) is 0. The molecule has 0 aromatic heterocycles. The molecule has 0 heterocycles. The molecule has 0 rings (SSSR count). The lowest BCUT2D eigenvalue weighted by molar-refractivity contribution is -0.167. The molecule has 0 aromatic rings. The predicted octanol–water partition coefficient (Wildman–Crippen LogP) is 19.8. The Labute approximate surface area is 422 Å². The molecule has 0 aliphatic heterocycles. The number of carbonyl (C=O) groups is 3. The molecule has 0 saturated carbocycles. The number of rotatable bonds is 54. The highest BCUT2D eigenvalue weighted by Gasteiger charge is 2.19. The Balaban J connectivity index is 4.39. The third-order valence-electron chi connectivity index (χ3n) is 13.1. The summed E-state index contributed by atoms with van der Waals surface area (Å²) >= 11 is 0. The van der Waals surface area contributed by atoms with Crippen molar-refractivity contribution < 1.29 is 28.6 Å². The van der Waals surface area contributed by atoms with Gasteiger partial charge < -0.3 is 14.2 Å². The molecule has 1 unspecified atom stereocenters. The lowest BCUT2D eigenvalue weighted by atomic mass is 10.0. The van der Waals surface area contributed by atoms with E-state index in [0.717, 1.165) is 89.9 Å². The smallest absolute Gasteiger partial charge is 0.306 e. The molecule has 0 bridgehead atoms. The first-order valence-electron chi connectivity index (χ1n) is 29.7. The molecule has 0 N–H and O–H groups in total. The monoisotopic (exact) mass is 953 g/mol. The fourth-order valence-electron chi connectivity index (χ4n) is 8.58. The van der Waals surface area contributed by atoms with Crippen LogP contribution in [0.15, 0.2) is 48.6 Å². The van der Waals surface area contributed by atoms with Crippen LogP contribution in [-0.4, -0.2) is 37.2 Å². The second-order valence-corrected chi connectivity index (χ2v) is 19.9. The van der Waals surface area contributed by atoms with Gasteiger partial charge in [0, 0.05) is 19.3 Å². The van der Waals surface area contributed by atoms with Gasteiger partial charge >= 0.3 is 17.9 Å². The molecule has 0 aromatic carbocycles. The van der Waals surface area contributed by atoms with Gasteiger partial charge in [-0.15, -0.1) is 0 Å². The number of esters is 3. The van der Waals surface area contributed by atoms with E-state index in [0.29, 0.717) is 19.3 Å². The zero-order valence-electron chi connectivity index (χ0n) is 45.4. The van der Waals surface area contributed by atoms with Gasteiger partial charge in [0.1, 0.15) is 13.2 Å². The number of ether oxygens (including phenoxy) is 3. The van der Waals surface area contributed by atoms with Crippen LogP contribution in [0.4, 0.5) is 0 Å². The lowest BCUT2D eigenvalue weighted by Gasteiger charge is -2.18. The first-order valence-corrected chi connectivity index (χ1v) is 29.7. The minimum Gasteiger partial charge on any atom is -0.462 e. The van der Waals surface area contributed by atoms with E-state index in [1.54, 1.807) is 0 Å². The molecule has 68 heavy (non-hydrogen) atoms. The number of hydrogen-bond acceptors (Lipinski definition) is 6. The summed E-state index contributed by atoms with van der Waals surface area (Å²) in [5.41, 5.74) is 0. The van der Waals surface area contributed by atoms with E-state index in [-0.39, 0.29) is 31.1 Å². The summed E-state index contributed by atoms with van der Waals surface area (Å²) in [6.45, 7) is 6.63. The van der Waals surface area contributed by atoms with Gasteiger partial charge in [0.15, 0.2) is 6.10 Å². The number of carbonyl (C=O) groups excluding carboxylic acids is 3. The van der Waals surface area contributed by atoms with Crippen LogP contribution in [0.25, 0.3) is 0 Å². The van der Waals surface area contributed by atoms with E-state index < -0.39 is 6.10 Å². The van der Waals surface area contributed by atoms with Crippen molar-refractivity contribution in [2.75, 3.05) is 13.2 Å². The maximum Gasteiger partial charge on any atom is 0.306 e. The Bertz CT molecular complexity index is 1190. The highest BCUT2D eigenvalue weighted by atomic mass is 16.6. The van der Waals surface area contributed by atoms with Gasteiger partial charge in [-0.25, -0.2) is 0 Å². The molecule has 6 heteroatoms. The quantitative estimate of drug-likeness (QED) is 0.0199. The summed E-state index contributed by atoms with van der Waals surface area (Å²) in [5, 5.41) is 0. The van der Waals surface area contributed by atoms with Crippen molar-refractivity contribution in [3.05, 3.63) is 48.6 Å². The second-order valence-electron chi connectivity index (χ2n) is 19.9. The summed E-state index contributed by atoms with van der Waals surface area (Å²) < 4.78 is 16.9. The first kappa shape index (κ1) is 65.4. The van der Waals surface area contributed by atoms with Gasteiger partial charge in [0.05, 0.1) is 0 Å². The standard InChI is InChI=1S/C62H112O6/c1-4-7-10-13-16-19-22-25-28-30-32-34-37-40-43-46-49-52-55-61(64)67-58-59(57-66-60(63)54-51-48-45-42-39-36-33-27-24-21-18-15-12-9-6-3)68-62(65)56-53-50-47-44-41-38-35-31-29-26-23-20-17-14-11-8-5-2/h17,20,26,28-30,32,34,59H,4-16,18-19,21-25,27,31,33,35-58H2,1-3H3/b20-17-,29-26-,30-28-,34-32-. The van der Waals surface area contributed by atoms with E-state index >= 15 is 0 Å². The van der Waals surface area contributed by atoms with Crippen LogP contribution >= 0.6 is 0 Å². The van der Waals surface area contributed by atoms with Gasteiger partial charge in [0.2, 0.25) is 0 Å². The average Bonchev–Trinajstić information content (AvgIpc) is 3.34. The normalized spacial score (nSPS) is 12.3. The third-order valence-corrected chi connectivity index (χ3v) is 13.1. The number of allylic oxidation sites excluding steroid dienone is 8. The minimum atomic E-state index is -0.782. The van der Waals surface area contributed by atoms with Crippen LogP contribution in [-0.2, 0) is 28.6 Å². The predicted molar refractivity (Wildman–Crippen MR) is 293 cm³/mol. The Morgan fingerprint density at radius 1 is 0.309 bits per heavy atom. The van der Waals surface area contributed by atoms with Crippen molar-refractivity contribution >= 4 is 17.9 Å². The Kier molecular flexibility index (Phi) is 54.8.